The lowest BCUT2D eigenvalue weighted by atomic mass is 9.82. The van der Waals surface area contributed by atoms with E-state index in [1.165, 1.54) is 12.0 Å². The van der Waals surface area contributed by atoms with Crippen LogP contribution in [0, 0.1) is 24.7 Å². The van der Waals surface area contributed by atoms with Crippen molar-refractivity contribution in [2.24, 2.45) is 17.8 Å². The third-order valence-corrected chi connectivity index (χ3v) is 5.78. The summed E-state index contributed by atoms with van der Waals surface area (Å²) in [5, 5.41) is 0. The number of rotatable bonds is 2. The summed E-state index contributed by atoms with van der Waals surface area (Å²) in [4.78, 5) is 29.5. The quantitative estimate of drug-likeness (QED) is 0.826. The minimum atomic E-state index is -0.151. The Morgan fingerprint density at radius 3 is 2.28 bits per heavy atom. The number of aryl methyl sites for hydroxylation is 1. The van der Waals surface area contributed by atoms with E-state index in [1.54, 1.807) is 4.90 Å². The lowest BCUT2D eigenvalue weighted by Crippen LogP contribution is -2.50. The highest BCUT2D eigenvalue weighted by atomic mass is 16.2. The molecule has 2 aliphatic heterocycles. The summed E-state index contributed by atoms with van der Waals surface area (Å²) >= 11 is 0. The molecule has 4 atom stereocenters. The third-order valence-electron chi connectivity index (χ3n) is 5.78. The van der Waals surface area contributed by atoms with Crippen LogP contribution in [0.25, 0.3) is 0 Å². The molecule has 136 valence electrons. The maximum atomic E-state index is 13.3. The van der Waals surface area contributed by atoms with Gasteiger partial charge in [-0.05, 0) is 37.2 Å². The molecular weight excluding hydrogens is 312 g/mol. The molecule has 25 heavy (non-hydrogen) atoms. The highest BCUT2D eigenvalue weighted by Gasteiger charge is 2.41. The zero-order valence-electron chi connectivity index (χ0n) is 15.9. The van der Waals surface area contributed by atoms with Crippen LogP contribution in [-0.4, -0.2) is 41.8 Å². The number of hydrogen-bond acceptors (Lipinski definition) is 2. The number of amides is 2. The summed E-state index contributed by atoms with van der Waals surface area (Å²) in [6.45, 7) is 8.20. The largest absolute Gasteiger partial charge is 0.342 e. The SMILES string of the molecule is Cc1ccc([C@@H]2[C@H](C(=O)N3C[C@H](C)C[C@H](C)C3)CCC(=O)N2C)cc1. The number of benzene rings is 1. The highest BCUT2D eigenvalue weighted by molar-refractivity contribution is 5.85. The van der Waals surface area contributed by atoms with Crippen molar-refractivity contribution < 1.29 is 9.59 Å². The fourth-order valence-electron chi connectivity index (χ4n) is 4.59. The fourth-order valence-corrected chi connectivity index (χ4v) is 4.59. The maximum Gasteiger partial charge on any atom is 0.228 e. The molecule has 0 radical (unpaired) electrons. The number of hydrogen-bond donors (Lipinski definition) is 0. The molecule has 0 N–H and O–H groups in total. The molecule has 0 bridgehead atoms. The Kier molecular flexibility index (Phi) is 5.16. The smallest absolute Gasteiger partial charge is 0.228 e. The van der Waals surface area contributed by atoms with Crippen LogP contribution in [0.5, 0.6) is 0 Å². The molecule has 2 heterocycles. The summed E-state index contributed by atoms with van der Waals surface area (Å²) in [5.74, 6) is 1.32. The van der Waals surface area contributed by atoms with Crippen LogP contribution in [0.1, 0.15) is 50.3 Å². The lowest BCUT2D eigenvalue weighted by molar-refractivity contribution is -0.148. The van der Waals surface area contributed by atoms with Crippen LogP contribution in [-0.2, 0) is 9.59 Å². The molecule has 0 spiro atoms. The number of nitrogens with zero attached hydrogens (tertiary/aromatic N) is 2. The topological polar surface area (TPSA) is 40.6 Å². The normalized spacial score (nSPS) is 30.5. The molecule has 0 saturated carbocycles. The summed E-state index contributed by atoms with van der Waals surface area (Å²) in [5.41, 5.74) is 2.26. The number of likely N-dealkylation sites (tertiary alicyclic amines) is 2. The van der Waals surface area contributed by atoms with Crippen LogP contribution in [0.2, 0.25) is 0 Å². The average molecular weight is 342 g/mol. The van der Waals surface area contributed by atoms with E-state index >= 15 is 0 Å². The number of piperidine rings is 2. The van der Waals surface area contributed by atoms with Crippen LogP contribution in [0.15, 0.2) is 24.3 Å². The van der Waals surface area contributed by atoms with Gasteiger partial charge in [0.2, 0.25) is 11.8 Å². The summed E-state index contributed by atoms with van der Waals surface area (Å²) in [7, 11) is 1.84. The fraction of sp³-hybridized carbons (Fsp3) is 0.619. The standard InChI is InChI=1S/C21H30N2O2/c1-14-5-7-17(8-6-14)20-18(9-10-19(24)22(20)4)21(25)23-12-15(2)11-16(3)13-23/h5-8,15-16,18,20H,9-13H2,1-4H3/t15-,16+,18-,20-/m1/s1. The first kappa shape index (κ1) is 18.0. The Labute approximate surface area is 151 Å². The second-order valence-corrected chi connectivity index (χ2v) is 8.19. The van der Waals surface area contributed by atoms with Crippen LogP contribution < -0.4 is 0 Å². The van der Waals surface area contributed by atoms with Gasteiger partial charge in [-0.25, -0.2) is 0 Å². The molecule has 2 fully saturated rings. The second kappa shape index (κ2) is 7.19. The molecule has 4 heteroatoms. The molecule has 0 unspecified atom stereocenters. The minimum Gasteiger partial charge on any atom is -0.342 e. The van der Waals surface area contributed by atoms with Gasteiger partial charge in [-0.3, -0.25) is 9.59 Å². The Morgan fingerprint density at radius 1 is 1.08 bits per heavy atom. The monoisotopic (exact) mass is 342 g/mol. The van der Waals surface area contributed by atoms with Gasteiger partial charge in [0.25, 0.3) is 0 Å². The van der Waals surface area contributed by atoms with Crippen molar-refractivity contribution in [2.45, 2.75) is 46.1 Å². The lowest BCUT2D eigenvalue weighted by Gasteiger charge is -2.43. The van der Waals surface area contributed by atoms with E-state index < -0.39 is 0 Å². The van der Waals surface area contributed by atoms with Crippen molar-refractivity contribution in [3.63, 3.8) is 0 Å². The van der Waals surface area contributed by atoms with E-state index in [9.17, 15) is 9.59 Å². The van der Waals surface area contributed by atoms with E-state index in [4.69, 9.17) is 0 Å². The molecule has 3 rings (SSSR count). The maximum absolute atomic E-state index is 13.3. The minimum absolute atomic E-state index is 0.134. The van der Waals surface area contributed by atoms with E-state index in [2.05, 4.69) is 45.0 Å². The first-order valence-corrected chi connectivity index (χ1v) is 9.47. The van der Waals surface area contributed by atoms with Crippen molar-refractivity contribution in [3.8, 4) is 0 Å². The van der Waals surface area contributed by atoms with Gasteiger partial charge in [0.15, 0.2) is 0 Å². The predicted octanol–water partition coefficient (Wildman–Crippen LogP) is 3.41. The Balaban J connectivity index is 1.87. The first-order valence-electron chi connectivity index (χ1n) is 9.47. The predicted molar refractivity (Wildman–Crippen MR) is 98.9 cm³/mol. The van der Waals surface area contributed by atoms with E-state index in [1.807, 2.05) is 11.9 Å². The second-order valence-electron chi connectivity index (χ2n) is 8.19. The number of carbonyl (C=O) groups excluding carboxylic acids is 2. The third kappa shape index (κ3) is 3.73. The van der Waals surface area contributed by atoms with Gasteiger partial charge in [0.1, 0.15) is 0 Å². The van der Waals surface area contributed by atoms with Crippen molar-refractivity contribution in [3.05, 3.63) is 35.4 Å². The average Bonchev–Trinajstić information content (AvgIpc) is 2.57. The zero-order valence-corrected chi connectivity index (χ0v) is 15.9. The Bertz CT molecular complexity index is 630. The summed E-state index contributed by atoms with van der Waals surface area (Å²) in [6, 6.07) is 8.11. The molecule has 0 aromatic heterocycles. The van der Waals surface area contributed by atoms with Gasteiger partial charge in [0, 0.05) is 26.6 Å². The highest BCUT2D eigenvalue weighted by Crippen LogP contribution is 2.38. The molecule has 1 aromatic carbocycles. The van der Waals surface area contributed by atoms with Crippen molar-refractivity contribution in [1.29, 1.82) is 0 Å². The van der Waals surface area contributed by atoms with Gasteiger partial charge in [-0.15, -0.1) is 0 Å². The molecule has 4 nitrogen and oxygen atoms in total. The van der Waals surface area contributed by atoms with Crippen molar-refractivity contribution in [2.75, 3.05) is 20.1 Å². The molecule has 2 aliphatic rings. The molecule has 0 aliphatic carbocycles. The van der Waals surface area contributed by atoms with Crippen molar-refractivity contribution >= 4 is 11.8 Å². The van der Waals surface area contributed by atoms with E-state index in [0.717, 1.165) is 18.7 Å². The first-order chi connectivity index (χ1) is 11.9. The molecule has 1 aromatic rings. The molecule has 2 saturated heterocycles. The molecule has 2 amide bonds. The summed E-state index contributed by atoms with van der Waals surface area (Å²) in [6.07, 6.45) is 2.31. The van der Waals surface area contributed by atoms with Crippen molar-refractivity contribution in [1.82, 2.24) is 9.80 Å². The van der Waals surface area contributed by atoms with Gasteiger partial charge in [0.05, 0.1) is 12.0 Å². The van der Waals surface area contributed by atoms with Gasteiger partial charge < -0.3 is 9.80 Å². The van der Waals surface area contributed by atoms with Gasteiger partial charge >= 0.3 is 0 Å². The Morgan fingerprint density at radius 2 is 1.68 bits per heavy atom. The molecular formula is C21H30N2O2. The van der Waals surface area contributed by atoms with Gasteiger partial charge in [-0.2, -0.15) is 0 Å². The zero-order chi connectivity index (χ0) is 18.1. The van der Waals surface area contributed by atoms with E-state index in [0.29, 0.717) is 24.7 Å². The summed E-state index contributed by atoms with van der Waals surface area (Å²) < 4.78 is 0. The van der Waals surface area contributed by atoms with Crippen LogP contribution in [0.3, 0.4) is 0 Å². The Hall–Kier alpha value is -1.84. The van der Waals surface area contributed by atoms with Crippen LogP contribution >= 0.6 is 0 Å². The van der Waals surface area contributed by atoms with E-state index in [-0.39, 0.29) is 23.8 Å². The van der Waals surface area contributed by atoms with Crippen LogP contribution in [0.4, 0.5) is 0 Å². The van der Waals surface area contributed by atoms with Gasteiger partial charge in [-0.1, -0.05) is 43.7 Å². The number of carbonyl (C=O) groups is 2.